The Morgan fingerprint density at radius 2 is 1.96 bits per heavy atom. The molecule has 4 aromatic heterocycles. The molecule has 4 heterocycles. The molecule has 0 bridgehead atoms. The fourth-order valence-corrected chi connectivity index (χ4v) is 2.96. The van der Waals surface area contributed by atoms with Crippen molar-refractivity contribution in [1.82, 2.24) is 34.7 Å². The van der Waals surface area contributed by atoms with Crippen molar-refractivity contribution in [2.45, 2.75) is 20.3 Å². The van der Waals surface area contributed by atoms with E-state index in [1.54, 1.807) is 23.3 Å². The molecule has 0 aliphatic rings. The summed E-state index contributed by atoms with van der Waals surface area (Å²) in [6, 6.07) is 0. The summed E-state index contributed by atoms with van der Waals surface area (Å²) in [6.07, 6.45) is 9.33. The first-order valence-corrected chi connectivity index (χ1v) is 8.57. The van der Waals surface area contributed by atoms with Gasteiger partial charge in [-0.25, -0.2) is 29.6 Å². The highest BCUT2D eigenvalue weighted by atomic mass is 15.3. The highest BCUT2D eigenvalue weighted by Crippen LogP contribution is 2.30. The standard InChI is InChI=1S/C18H19N9/c1-4-13-17(20-3)26-14-12(7-22-16(19)15(14)25-13)11-6-24-27(8-11)18-10(2)5-21-9-23-18/h5-9H,4H2,1-3H3,(H2,19,22)(H,20,26). The molecular formula is C18H19N9. The Morgan fingerprint density at radius 3 is 2.70 bits per heavy atom. The van der Waals surface area contributed by atoms with Gasteiger partial charge in [0.25, 0.3) is 0 Å². The molecule has 0 fully saturated rings. The number of nitrogens with one attached hydrogen (secondary N) is 1. The Morgan fingerprint density at radius 1 is 1.11 bits per heavy atom. The molecule has 9 heteroatoms. The third kappa shape index (κ3) is 2.82. The van der Waals surface area contributed by atoms with Gasteiger partial charge in [0, 0.05) is 42.3 Å². The Bertz CT molecular complexity index is 1130. The van der Waals surface area contributed by atoms with E-state index in [-0.39, 0.29) is 0 Å². The summed E-state index contributed by atoms with van der Waals surface area (Å²) in [7, 11) is 1.83. The topological polar surface area (TPSA) is 120 Å². The highest BCUT2D eigenvalue weighted by molar-refractivity contribution is 5.96. The van der Waals surface area contributed by atoms with Crippen molar-refractivity contribution in [3.05, 3.63) is 42.4 Å². The van der Waals surface area contributed by atoms with E-state index in [1.807, 2.05) is 27.1 Å². The van der Waals surface area contributed by atoms with Crippen LogP contribution in [0, 0.1) is 6.92 Å². The lowest BCUT2D eigenvalue weighted by Crippen LogP contribution is -2.05. The van der Waals surface area contributed by atoms with E-state index in [1.165, 1.54) is 6.33 Å². The number of anilines is 2. The van der Waals surface area contributed by atoms with Gasteiger partial charge in [-0.1, -0.05) is 6.92 Å². The highest BCUT2D eigenvalue weighted by Gasteiger charge is 2.16. The molecule has 3 N–H and O–H groups in total. The van der Waals surface area contributed by atoms with E-state index in [4.69, 9.17) is 10.7 Å². The summed E-state index contributed by atoms with van der Waals surface area (Å²) in [4.78, 5) is 22.0. The van der Waals surface area contributed by atoms with Gasteiger partial charge >= 0.3 is 0 Å². The van der Waals surface area contributed by atoms with Crippen LogP contribution in [0.25, 0.3) is 28.0 Å². The van der Waals surface area contributed by atoms with Gasteiger partial charge in [0.2, 0.25) is 0 Å². The molecule has 0 amide bonds. The second-order valence-electron chi connectivity index (χ2n) is 6.08. The summed E-state index contributed by atoms with van der Waals surface area (Å²) in [5.41, 5.74) is 10.8. The monoisotopic (exact) mass is 361 g/mol. The molecule has 27 heavy (non-hydrogen) atoms. The molecule has 0 unspecified atom stereocenters. The Hall–Kier alpha value is -3.62. The minimum atomic E-state index is 0.359. The van der Waals surface area contributed by atoms with Crippen molar-refractivity contribution in [3.63, 3.8) is 0 Å². The number of hydrogen-bond donors (Lipinski definition) is 2. The van der Waals surface area contributed by atoms with Crippen molar-refractivity contribution in [3.8, 4) is 16.9 Å². The SMILES string of the molecule is CCc1nc2c(N)ncc(-c3cnn(-c4ncncc4C)c3)c2nc1NC. The van der Waals surface area contributed by atoms with E-state index in [0.717, 1.165) is 40.4 Å². The maximum absolute atomic E-state index is 6.06. The van der Waals surface area contributed by atoms with Crippen LogP contribution in [0.3, 0.4) is 0 Å². The van der Waals surface area contributed by atoms with Crippen LogP contribution in [0.5, 0.6) is 0 Å². The third-order valence-corrected chi connectivity index (χ3v) is 4.35. The Kier molecular flexibility index (Phi) is 4.11. The van der Waals surface area contributed by atoms with Crippen LogP contribution in [0.15, 0.2) is 31.1 Å². The molecule has 0 saturated carbocycles. The quantitative estimate of drug-likeness (QED) is 0.567. The number of nitrogens with zero attached hydrogens (tertiary/aromatic N) is 7. The maximum Gasteiger partial charge on any atom is 0.159 e. The van der Waals surface area contributed by atoms with Crippen molar-refractivity contribution >= 4 is 22.7 Å². The van der Waals surface area contributed by atoms with Crippen LogP contribution in [-0.4, -0.2) is 41.7 Å². The van der Waals surface area contributed by atoms with E-state index >= 15 is 0 Å². The van der Waals surface area contributed by atoms with Gasteiger partial charge in [0.1, 0.15) is 23.2 Å². The number of fused-ring (bicyclic) bond motifs is 1. The van der Waals surface area contributed by atoms with Crippen LogP contribution in [-0.2, 0) is 6.42 Å². The molecule has 0 spiro atoms. The number of nitrogens with two attached hydrogens (primary N) is 1. The molecule has 136 valence electrons. The number of pyridine rings is 1. The molecule has 0 radical (unpaired) electrons. The molecule has 0 aliphatic heterocycles. The normalized spacial score (nSPS) is 11.1. The van der Waals surface area contributed by atoms with Gasteiger partial charge in [0.15, 0.2) is 11.6 Å². The molecule has 4 rings (SSSR count). The fourth-order valence-electron chi connectivity index (χ4n) is 2.96. The zero-order chi connectivity index (χ0) is 19.0. The van der Waals surface area contributed by atoms with Crippen molar-refractivity contribution < 1.29 is 0 Å². The van der Waals surface area contributed by atoms with Gasteiger partial charge in [-0.3, -0.25) is 0 Å². The summed E-state index contributed by atoms with van der Waals surface area (Å²) in [5, 5.41) is 7.54. The third-order valence-electron chi connectivity index (χ3n) is 4.35. The van der Waals surface area contributed by atoms with Gasteiger partial charge in [-0.15, -0.1) is 0 Å². The van der Waals surface area contributed by atoms with Crippen LogP contribution in [0.2, 0.25) is 0 Å². The molecular weight excluding hydrogens is 342 g/mol. The molecule has 4 aromatic rings. The first-order valence-electron chi connectivity index (χ1n) is 8.57. The van der Waals surface area contributed by atoms with E-state index < -0.39 is 0 Å². The minimum absolute atomic E-state index is 0.359. The smallest absolute Gasteiger partial charge is 0.159 e. The van der Waals surface area contributed by atoms with E-state index in [0.29, 0.717) is 16.9 Å². The lowest BCUT2D eigenvalue weighted by Gasteiger charge is -2.11. The molecule has 0 aromatic carbocycles. The number of aromatic nitrogens is 7. The first-order chi connectivity index (χ1) is 13.1. The average Bonchev–Trinajstić information content (AvgIpc) is 3.17. The molecule has 9 nitrogen and oxygen atoms in total. The zero-order valence-corrected chi connectivity index (χ0v) is 15.3. The lowest BCUT2D eigenvalue weighted by atomic mass is 10.1. The summed E-state index contributed by atoms with van der Waals surface area (Å²) in [5.74, 6) is 1.81. The second-order valence-corrected chi connectivity index (χ2v) is 6.08. The van der Waals surface area contributed by atoms with Gasteiger partial charge in [-0.2, -0.15) is 5.10 Å². The average molecular weight is 361 g/mol. The lowest BCUT2D eigenvalue weighted by molar-refractivity contribution is 0.829. The number of nitrogen functional groups attached to an aromatic ring is 1. The summed E-state index contributed by atoms with van der Waals surface area (Å²) < 4.78 is 1.71. The predicted molar refractivity (Wildman–Crippen MR) is 104 cm³/mol. The van der Waals surface area contributed by atoms with E-state index in [2.05, 4.69) is 30.4 Å². The molecule has 0 saturated heterocycles. The molecule has 0 atom stereocenters. The first kappa shape index (κ1) is 16.8. The largest absolute Gasteiger partial charge is 0.382 e. The zero-order valence-electron chi connectivity index (χ0n) is 15.3. The van der Waals surface area contributed by atoms with Crippen LogP contribution < -0.4 is 11.1 Å². The van der Waals surface area contributed by atoms with E-state index in [9.17, 15) is 0 Å². The maximum atomic E-state index is 6.06. The molecule has 0 aliphatic carbocycles. The van der Waals surface area contributed by atoms with Crippen LogP contribution in [0.1, 0.15) is 18.2 Å². The number of aryl methyl sites for hydroxylation is 2. The predicted octanol–water partition coefficient (Wildman–Crippen LogP) is 2.16. The van der Waals surface area contributed by atoms with Crippen molar-refractivity contribution in [2.24, 2.45) is 0 Å². The Labute approximate surface area is 155 Å². The summed E-state index contributed by atoms with van der Waals surface area (Å²) in [6.45, 7) is 3.96. The second kappa shape index (κ2) is 6.60. The minimum Gasteiger partial charge on any atom is -0.382 e. The van der Waals surface area contributed by atoms with Gasteiger partial charge in [0.05, 0.1) is 11.9 Å². The van der Waals surface area contributed by atoms with Gasteiger partial charge < -0.3 is 11.1 Å². The number of hydrogen-bond acceptors (Lipinski definition) is 8. The van der Waals surface area contributed by atoms with Gasteiger partial charge in [-0.05, 0) is 13.3 Å². The van der Waals surface area contributed by atoms with Crippen LogP contribution in [0.4, 0.5) is 11.6 Å². The van der Waals surface area contributed by atoms with Crippen molar-refractivity contribution in [1.29, 1.82) is 0 Å². The van der Waals surface area contributed by atoms with Crippen LogP contribution >= 0.6 is 0 Å². The summed E-state index contributed by atoms with van der Waals surface area (Å²) >= 11 is 0. The number of rotatable bonds is 4. The van der Waals surface area contributed by atoms with Crippen molar-refractivity contribution in [2.75, 3.05) is 18.1 Å². The Balaban J connectivity index is 1.90. The fraction of sp³-hybridized carbons (Fsp3) is 0.222.